The summed E-state index contributed by atoms with van der Waals surface area (Å²) in [5.74, 6) is -2.89. The summed E-state index contributed by atoms with van der Waals surface area (Å²) >= 11 is 1.41. The molecule has 3 unspecified atom stereocenters. The van der Waals surface area contributed by atoms with E-state index in [1.165, 1.54) is 17.8 Å². The maximum absolute atomic E-state index is 13.5. The van der Waals surface area contributed by atoms with E-state index in [9.17, 15) is 39.3 Å². The molecule has 0 radical (unpaired) electrons. The Bertz CT molecular complexity index is 3590. The highest BCUT2D eigenvalue weighted by molar-refractivity contribution is 7.22. The number of carboxylic acid groups (broad SMARTS) is 1. The minimum Gasteiger partial charge on any atom is -0.476 e. The Labute approximate surface area is 512 Å². The van der Waals surface area contributed by atoms with E-state index in [2.05, 4.69) is 58.1 Å². The number of ether oxygens (including phenoxy) is 1. The minimum atomic E-state index is -1.21. The third kappa shape index (κ3) is 13.1. The number of hydrogen-bond donors (Lipinski definition) is 5. The van der Waals surface area contributed by atoms with E-state index in [0.717, 1.165) is 91.6 Å². The lowest BCUT2D eigenvalue weighted by Gasteiger charge is -2.44. The number of para-hydroxylation sites is 1. The Morgan fingerprint density at radius 1 is 0.920 bits per heavy atom. The topological polar surface area (TPSA) is 274 Å². The predicted molar refractivity (Wildman–Crippen MR) is 336 cm³/mol. The molecule has 4 saturated carbocycles. The van der Waals surface area contributed by atoms with Crippen LogP contribution in [0.5, 0.6) is 0 Å². The zero-order chi connectivity index (χ0) is 62.0. The molecule has 2 aromatic carbocycles. The Kier molecular flexibility index (Phi) is 18.2. The monoisotopic (exact) mass is 1200 g/mol. The number of hydrogen-bond acceptors (Lipinski definition) is 15. The van der Waals surface area contributed by atoms with Gasteiger partial charge in [0.2, 0.25) is 16.9 Å². The maximum atomic E-state index is 13.5. The van der Waals surface area contributed by atoms with E-state index in [-0.39, 0.29) is 81.4 Å². The van der Waals surface area contributed by atoms with E-state index in [0.29, 0.717) is 66.5 Å². The van der Waals surface area contributed by atoms with Crippen molar-refractivity contribution in [1.29, 1.82) is 5.41 Å². The number of pyridine rings is 1. The van der Waals surface area contributed by atoms with Crippen LogP contribution in [0.2, 0.25) is 0 Å². The van der Waals surface area contributed by atoms with Crippen LogP contribution in [0.25, 0.3) is 21.3 Å². The van der Waals surface area contributed by atoms with Crippen LogP contribution < -0.4 is 21.3 Å². The van der Waals surface area contributed by atoms with Crippen molar-refractivity contribution in [3.05, 3.63) is 95.0 Å². The van der Waals surface area contributed by atoms with Gasteiger partial charge in [-0.2, -0.15) is 9.67 Å². The number of nitrogens with zero attached hydrogens (tertiary/aromatic N) is 9. The summed E-state index contributed by atoms with van der Waals surface area (Å²) in [7, 11) is 5.89. The number of likely N-dealkylation sites (N-methyl/N-ethyl adjacent to an activating group) is 1. The fraction of sp³-hybridized carbons (Fsp3) is 0.508. The van der Waals surface area contributed by atoms with Gasteiger partial charge in [0.1, 0.15) is 36.8 Å². The Balaban J connectivity index is 0.758. The fourth-order valence-corrected chi connectivity index (χ4v) is 15.8. The molecule has 6 aliphatic rings. The minimum absolute atomic E-state index is 0.00854. The quantitative estimate of drug-likeness (QED) is 0.0108. The van der Waals surface area contributed by atoms with Gasteiger partial charge in [0.15, 0.2) is 5.69 Å². The number of carbonyl (C=O) groups is 6. The first-order valence-electron chi connectivity index (χ1n) is 30.5. The summed E-state index contributed by atoms with van der Waals surface area (Å²) in [6, 6.07) is 15.2. The number of amidine groups is 2. The molecule has 22 heteroatoms. The highest BCUT2D eigenvalue weighted by Gasteiger charge is 2.74. The number of imide groups is 2. The molecule has 3 aromatic heterocycles. The molecule has 0 spiro atoms. The van der Waals surface area contributed by atoms with Gasteiger partial charge in [0.05, 0.1) is 46.2 Å². The Hall–Kier alpha value is -7.82. The van der Waals surface area contributed by atoms with E-state index in [4.69, 9.17) is 20.6 Å². The number of aromatic carboxylic acids is 1. The van der Waals surface area contributed by atoms with Crippen LogP contribution >= 0.6 is 11.3 Å². The van der Waals surface area contributed by atoms with Crippen molar-refractivity contribution in [2.75, 3.05) is 57.6 Å². The van der Waals surface area contributed by atoms with Crippen molar-refractivity contribution in [1.82, 2.24) is 34.9 Å². The number of rotatable bonds is 27. The number of fused-ring (bicyclic) bond motifs is 2. The molecule has 5 fully saturated rings. The first-order valence-corrected chi connectivity index (χ1v) is 31.3. The number of piperidine rings is 1. The standard InChI is InChI=1S/C65H81N13O8S/c1-41(56(67)73-61-70-46-20-13-14-22-49(46)87-61)33-50(66)76(51-26-24-43(55(71-51)60(84)85)45-34-69-77(42(45)2)40-64-36-62(3)35-63(4,37-64)39-65(64,38-62)86-32-31-74(5)6)30-17-16-29-75(7)53(80)23-12-10-8-9-11-15-28-68-47-21-18-19-44-54(47)59(83)78(58(44)82)48-25-27-52(79)72-57(48)81/h13-14,18-22,24,26,29,33-34,48,66H,8-12,15-17,23,25,27-28,30-32,35-40H2,1-7H3,(H4-,67,68,70,72,73,79,81,83,84,85)/p+1/b41-33-,66-50?,75-29?. The van der Waals surface area contributed by atoms with Crippen LogP contribution in [0.1, 0.15) is 160 Å². The largest absolute Gasteiger partial charge is 0.476 e. The smallest absolute Gasteiger partial charge is 0.386 e. The molecular weight excluding hydrogens is 1120 g/mol. The summed E-state index contributed by atoms with van der Waals surface area (Å²) in [6.45, 7) is 11.6. The zero-order valence-electron chi connectivity index (χ0n) is 51.2. The molecule has 6 N–H and O–H groups in total. The van der Waals surface area contributed by atoms with Gasteiger partial charge >= 0.3 is 11.9 Å². The number of amides is 5. The second-order valence-corrected chi connectivity index (χ2v) is 26.7. The molecule has 21 nitrogen and oxygen atoms in total. The normalized spacial score (nSPS) is 23.6. The number of nitrogens with two attached hydrogens (primary N) is 1. The molecule has 5 heterocycles. The number of nitrogens with one attached hydrogen (secondary N) is 3. The number of aromatic nitrogens is 4. The first kappa shape index (κ1) is 62.2. The van der Waals surface area contributed by atoms with Gasteiger partial charge in [-0.1, -0.05) is 69.1 Å². The molecule has 2 aliphatic heterocycles. The lowest BCUT2D eigenvalue weighted by atomic mass is 9.61. The number of carbonyl (C=O) groups excluding carboxylic acids is 5. The van der Waals surface area contributed by atoms with E-state index in [1.807, 2.05) is 37.4 Å². The van der Waals surface area contributed by atoms with Gasteiger partial charge < -0.3 is 30.7 Å². The molecule has 4 bridgehead atoms. The average molecular weight is 1210 g/mol. The van der Waals surface area contributed by atoms with Crippen molar-refractivity contribution in [2.45, 2.75) is 149 Å². The SMILES string of the molecule is CC(=C/C(=N)N(CCCC=[N+](C)C(=O)CCCCCCCCNc1cccc2c1C(=O)N(C1CCC(=O)NC1=O)C2=O)c1ccc(-c2cnn(CC34CC5(C)CC(C)(C3)CC4(OCCN(C)C)C5)c2C)c(C(=O)O)n1)/C(N)=N/c1nc2ccccc2s1. The van der Waals surface area contributed by atoms with Crippen molar-refractivity contribution in [3.63, 3.8) is 0 Å². The highest BCUT2D eigenvalue weighted by atomic mass is 32.1. The summed E-state index contributed by atoms with van der Waals surface area (Å²) in [5, 5.41) is 31.3. The van der Waals surface area contributed by atoms with Crippen LogP contribution in [0.4, 0.5) is 16.6 Å². The van der Waals surface area contributed by atoms with Gasteiger partial charge in [-0.15, -0.1) is 0 Å². The lowest BCUT2D eigenvalue weighted by Crippen LogP contribution is -2.54. The highest BCUT2D eigenvalue weighted by Crippen LogP contribution is 2.77. The second-order valence-electron chi connectivity index (χ2n) is 25.7. The Morgan fingerprint density at radius 2 is 1.66 bits per heavy atom. The summed E-state index contributed by atoms with van der Waals surface area (Å²) in [5.41, 5.74) is 10.7. The van der Waals surface area contributed by atoms with Crippen LogP contribution in [0, 0.1) is 28.6 Å². The third-order valence-electron chi connectivity index (χ3n) is 18.4. The third-order valence-corrected chi connectivity index (χ3v) is 19.4. The van der Waals surface area contributed by atoms with Crippen molar-refractivity contribution in [3.8, 4) is 11.1 Å². The molecular formula is C65H82N13O8S+. The second kappa shape index (κ2) is 25.5. The number of benzene rings is 2. The van der Waals surface area contributed by atoms with Crippen LogP contribution in [-0.2, 0) is 25.7 Å². The first-order chi connectivity index (χ1) is 41.5. The number of carboxylic acids is 1. The number of aliphatic imine (C=N–C) groups is 1. The lowest BCUT2D eigenvalue weighted by molar-refractivity contribution is -0.415. The summed E-state index contributed by atoms with van der Waals surface area (Å²) < 4.78 is 11.7. The molecule has 11 rings (SSSR count). The van der Waals surface area contributed by atoms with E-state index in [1.54, 1.807) is 66.1 Å². The fourth-order valence-electron chi connectivity index (χ4n) is 14.9. The van der Waals surface area contributed by atoms with Crippen molar-refractivity contribution in [2.24, 2.45) is 27.0 Å². The molecule has 3 atom stereocenters. The maximum Gasteiger partial charge on any atom is 0.386 e. The Morgan fingerprint density at radius 3 is 2.38 bits per heavy atom. The molecule has 460 valence electrons. The molecule has 5 aromatic rings. The van der Waals surface area contributed by atoms with Crippen molar-refractivity contribution < 1.29 is 43.2 Å². The van der Waals surface area contributed by atoms with Gasteiger partial charge in [-0.3, -0.25) is 39.5 Å². The molecule has 1 saturated heterocycles. The van der Waals surface area contributed by atoms with Gasteiger partial charge in [-0.25, -0.2) is 24.5 Å². The van der Waals surface area contributed by atoms with E-state index < -0.39 is 35.6 Å². The van der Waals surface area contributed by atoms with Gasteiger partial charge in [0, 0.05) is 66.9 Å². The van der Waals surface area contributed by atoms with Gasteiger partial charge in [0.25, 0.3) is 11.8 Å². The number of anilines is 2. The van der Waals surface area contributed by atoms with Crippen LogP contribution in [0.15, 0.2) is 77.4 Å². The number of unbranched alkanes of at least 4 members (excludes halogenated alkanes) is 6. The van der Waals surface area contributed by atoms with Crippen LogP contribution in [0.3, 0.4) is 0 Å². The van der Waals surface area contributed by atoms with E-state index >= 15 is 0 Å². The molecule has 87 heavy (non-hydrogen) atoms. The molecule has 4 aliphatic carbocycles. The zero-order valence-corrected chi connectivity index (χ0v) is 52.0. The molecule has 5 amide bonds. The summed E-state index contributed by atoms with van der Waals surface area (Å²) in [6.07, 6.45) is 17.3. The summed E-state index contributed by atoms with van der Waals surface area (Å²) in [4.78, 5) is 96.2. The average Bonchev–Trinajstić information content (AvgIpc) is 1.51. The predicted octanol–water partition coefficient (Wildman–Crippen LogP) is 9.55. The van der Waals surface area contributed by atoms with Crippen molar-refractivity contribution >= 4 is 91.6 Å². The van der Waals surface area contributed by atoms with Crippen LogP contribution in [-0.4, -0.2) is 152 Å². The number of thiazole rings is 1. The van der Waals surface area contributed by atoms with Gasteiger partial charge in [-0.05, 0) is 145 Å².